The van der Waals surface area contributed by atoms with Gasteiger partial charge in [0.25, 0.3) is 0 Å². The summed E-state index contributed by atoms with van der Waals surface area (Å²) < 4.78 is 21.8. The van der Waals surface area contributed by atoms with E-state index < -0.39 is 18.0 Å². The Labute approximate surface area is 166 Å². The van der Waals surface area contributed by atoms with Crippen LogP contribution in [0.1, 0.15) is 18.9 Å². The number of anilines is 1. The fourth-order valence-electron chi connectivity index (χ4n) is 3.32. The summed E-state index contributed by atoms with van der Waals surface area (Å²) in [5, 5.41) is 6.63. The summed E-state index contributed by atoms with van der Waals surface area (Å²) in [6, 6.07) is 4.51. The maximum Gasteiger partial charge on any atom is 0.414 e. The smallest absolute Gasteiger partial charge is 0.414 e. The summed E-state index contributed by atoms with van der Waals surface area (Å²) >= 11 is 0. The van der Waals surface area contributed by atoms with Crippen molar-refractivity contribution in [2.45, 2.75) is 32.1 Å². The second kappa shape index (κ2) is 7.90. The van der Waals surface area contributed by atoms with Crippen molar-refractivity contribution in [3.05, 3.63) is 48.3 Å². The van der Waals surface area contributed by atoms with Crippen LogP contribution in [0.2, 0.25) is 0 Å². The van der Waals surface area contributed by atoms with Gasteiger partial charge in [0.05, 0.1) is 37.4 Å². The van der Waals surface area contributed by atoms with Gasteiger partial charge in [-0.3, -0.25) is 9.69 Å². The molecular formula is C19H20FN5O4. The molecule has 2 aliphatic rings. The molecule has 2 aliphatic heterocycles. The molecular weight excluding hydrogens is 381 g/mol. The third kappa shape index (κ3) is 4.20. The van der Waals surface area contributed by atoms with Gasteiger partial charge in [-0.25, -0.2) is 14.2 Å². The quantitative estimate of drug-likeness (QED) is 0.794. The van der Waals surface area contributed by atoms with Crippen LogP contribution >= 0.6 is 0 Å². The van der Waals surface area contributed by atoms with E-state index in [0.29, 0.717) is 29.9 Å². The van der Waals surface area contributed by atoms with Crippen LogP contribution in [0.3, 0.4) is 0 Å². The van der Waals surface area contributed by atoms with Crippen LogP contribution in [0, 0.1) is 5.82 Å². The Morgan fingerprint density at radius 1 is 1.38 bits per heavy atom. The molecule has 1 aromatic heterocycles. The largest absolute Gasteiger partial charge is 0.442 e. The van der Waals surface area contributed by atoms with E-state index in [4.69, 9.17) is 9.57 Å². The first-order chi connectivity index (χ1) is 14.0. The standard InChI is InChI=1S/C19H20FN5O4/c1-12(26)22-8-15-10-25(19(27)28-15)13-2-3-16(17(20)6-13)18-7-14(29-23-18)9-24-5-4-21-11-24/h2-6,11,14-15H,7-10H2,1H3,(H,22,26)/t14?,15-/m0/s1. The predicted molar refractivity (Wildman–Crippen MR) is 101 cm³/mol. The van der Waals surface area contributed by atoms with Crippen LogP contribution < -0.4 is 10.2 Å². The van der Waals surface area contributed by atoms with Gasteiger partial charge in [-0.1, -0.05) is 5.16 Å². The zero-order valence-corrected chi connectivity index (χ0v) is 15.7. The molecule has 1 saturated heterocycles. The molecule has 4 rings (SSSR count). The molecule has 1 aromatic carbocycles. The van der Waals surface area contributed by atoms with Crippen LogP contribution in [0.15, 0.2) is 42.1 Å². The number of halogens is 1. The van der Waals surface area contributed by atoms with E-state index >= 15 is 0 Å². The third-order valence-corrected chi connectivity index (χ3v) is 4.73. The van der Waals surface area contributed by atoms with Crippen LogP contribution in [0.25, 0.3) is 0 Å². The van der Waals surface area contributed by atoms with Gasteiger partial charge in [-0.05, 0) is 18.2 Å². The van der Waals surface area contributed by atoms with Crippen molar-refractivity contribution in [1.29, 1.82) is 0 Å². The number of ether oxygens (including phenoxy) is 1. The van der Waals surface area contributed by atoms with Gasteiger partial charge in [-0.2, -0.15) is 0 Å². The maximum absolute atomic E-state index is 14.8. The number of cyclic esters (lactones) is 1. The number of carbonyl (C=O) groups excluding carboxylic acids is 2. The van der Waals surface area contributed by atoms with Gasteiger partial charge < -0.3 is 19.5 Å². The van der Waals surface area contributed by atoms with Crippen molar-refractivity contribution in [2.75, 3.05) is 18.0 Å². The second-order valence-electron chi connectivity index (χ2n) is 6.95. The summed E-state index contributed by atoms with van der Waals surface area (Å²) in [6.45, 7) is 2.40. The maximum atomic E-state index is 14.8. The van der Waals surface area contributed by atoms with E-state index in [1.54, 1.807) is 24.7 Å². The first-order valence-electron chi connectivity index (χ1n) is 9.20. The van der Waals surface area contributed by atoms with Crippen molar-refractivity contribution in [3.8, 4) is 0 Å². The second-order valence-corrected chi connectivity index (χ2v) is 6.95. The molecule has 2 atom stereocenters. The number of imidazole rings is 1. The molecule has 29 heavy (non-hydrogen) atoms. The highest BCUT2D eigenvalue weighted by Gasteiger charge is 2.33. The molecule has 9 nitrogen and oxygen atoms in total. The van der Waals surface area contributed by atoms with Crippen molar-refractivity contribution in [3.63, 3.8) is 0 Å². The molecule has 1 fully saturated rings. The minimum atomic E-state index is -0.575. The van der Waals surface area contributed by atoms with Crippen LogP contribution in [0.4, 0.5) is 14.9 Å². The topological polar surface area (TPSA) is 98.0 Å². The summed E-state index contributed by atoms with van der Waals surface area (Å²) in [6.07, 6.45) is 4.41. The number of nitrogens with zero attached hydrogens (tertiary/aromatic N) is 4. The number of rotatable bonds is 6. The number of oxime groups is 1. The van der Waals surface area contributed by atoms with Crippen molar-refractivity contribution < 1.29 is 23.6 Å². The Bertz CT molecular complexity index is 946. The normalized spacial score (nSPS) is 21.0. The number of amides is 2. The Morgan fingerprint density at radius 2 is 2.24 bits per heavy atom. The predicted octanol–water partition coefficient (Wildman–Crippen LogP) is 1.68. The first-order valence-corrected chi connectivity index (χ1v) is 9.20. The SMILES string of the molecule is CC(=O)NC[C@H]1CN(c2ccc(C3=NOC(Cn4ccnc4)C3)c(F)c2)C(=O)O1. The molecule has 2 amide bonds. The lowest BCUT2D eigenvalue weighted by Crippen LogP contribution is -2.33. The molecule has 0 spiro atoms. The van der Waals surface area contributed by atoms with Crippen LogP contribution in [-0.2, 0) is 20.9 Å². The summed E-state index contributed by atoms with van der Waals surface area (Å²) in [5.74, 6) is -0.702. The van der Waals surface area contributed by atoms with Crippen molar-refractivity contribution in [1.82, 2.24) is 14.9 Å². The van der Waals surface area contributed by atoms with Gasteiger partial charge in [0.15, 0.2) is 6.10 Å². The zero-order valence-electron chi connectivity index (χ0n) is 15.7. The van der Waals surface area contributed by atoms with Gasteiger partial charge >= 0.3 is 6.09 Å². The van der Waals surface area contributed by atoms with Crippen LogP contribution in [0.5, 0.6) is 0 Å². The highest BCUT2D eigenvalue weighted by atomic mass is 19.1. The number of benzene rings is 1. The molecule has 0 bridgehead atoms. The first kappa shape index (κ1) is 18.9. The van der Waals surface area contributed by atoms with E-state index in [9.17, 15) is 14.0 Å². The number of nitrogens with one attached hydrogen (secondary N) is 1. The van der Waals surface area contributed by atoms with Crippen LogP contribution in [-0.4, -0.2) is 52.6 Å². The Kier molecular flexibility index (Phi) is 5.15. The molecule has 0 saturated carbocycles. The molecule has 1 N–H and O–H groups in total. The van der Waals surface area contributed by atoms with Gasteiger partial charge in [0, 0.05) is 31.3 Å². The molecule has 3 heterocycles. The van der Waals surface area contributed by atoms with Crippen molar-refractivity contribution >= 4 is 23.4 Å². The third-order valence-electron chi connectivity index (χ3n) is 4.73. The van der Waals surface area contributed by atoms with E-state index in [2.05, 4.69) is 15.5 Å². The fourth-order valence-corrected chi connectivity index (χ4v) is 3.32. The summed E-state index contributed by atoms with van der Waals surface area (Å²) in [4.78, 5) is 33.8. The lowest BCUT2D eigenvalue weighted by atomic mass is 10.0. The Hall–Kier alpha value is -3.43. The lowest BCUT2D eigenvalue weighted by molar-refractivity contribution is -0.119. The molecule has 10 heteroatoms. The summed E-state index contributed by atoms with van der Waals surface area (Å²) in [7, 11) is 0. The van der Waals surface area contributed by atoms with Gasteiger partial charge in [0.2, 0.25) is 5.91 Å². The highest BCUT2D eigenvalue weighted by molar-refractivity contribution is 6.02. The number of hydrogen-bond donors (Lipinski definition) is 1. The van der Waals surface area contributed by atoms with E-state index in [-0.39, 0.29) is 25.1 Å². The lowest BCUT2D eigenvalue weighted by Gasteiger charge is -2.14. The van der Waals surface area contributed by atoms with Crippen molar-refractivity contribution in [2.24, 2.45) is 5.16 Å². The average Bonchev–Trinajstić information content (AvgIpc) is 3.42. The molecule has 0 radical (unpaired) electrons. The molecule has 152 valence electrons. The molecule has 2 aromatic rings. The Balaban J connectivity index is 1.41. The summed E-state index contributed by atoms with van der Waals surface area (Å²) in [5.41, 5.74) is 1.24. The van der Waals surface area contributed by atoms with Gasteiger partial charge in [-0.15, -0.1) is 0 Å². The van der Waals surface area contributed by atoms with E-state index in [1.165, 1.54) is 17.9 Å². The van der Waals surface area contributed by atoms with E-state index in [0.717, 1.165) is 0 Å². The van der Waals surface area contributed by atoms with E-state index in [1.807, 2.05) is 10.8 Å². The minimum Gasteiger partial charge on any atom is -0.442 e. The van der Waals surface area contributed by atoms with Gasteiger partial charge in [0.1, 0.15) is 11.9 Å². The molecule has 0 aliphatic carbocycles. The fraction of sp³-hybridized carbons (Fsp3) is 0.368. The highest BCUT2D eigenvalue weighted by Crippen LogP contribution is 2.26. The Morgan fingerprint density at radius 3 is 2.97 bits per heavy atom. The number of aromatic nitrogens is 2. The number of hydrogen-bond acceptors (Lipinski definition) is 6. The monoisotopic (exact) mass is 401 g/mol. The number of carbonyl (C=O) groups is 2. The zero-order chi connectivity index (χ0) is 20.4. The molecule has 1 unspecified atom stereocenters. The average molecular weight is 401 g/mol. The minimum absolute atomic E-state index is 0.193.